The first-order valence-corrected chi connectivity index (χ1v) is 4.28. The van der Waals surface area contributed by atoms with Crippen LogP contribution in [0.2, 0.25) is 0 Å². The minimum absolute atomic E-state index is 0. The van der Waals surface area contributed by atoms with Crippen molar-refractivity contribution in [2.45, 2.75) is 0 Å². The molecule has 0 spiro atoms. The van der Waals surface area contributed by atoms with Crippen LogP contribution in [-0.4, -0.2) is 30.9 Å². The molecule has 9 heteroatoms. The van der Waals surface area contributed by atoms with Crippen LogP contribution >= 0.6 is 0 Å². The van der Waals surface area contributed by atoms with Gasteiger partial charge in [-0.1, -0.05) is 0 Å². The Morgan fingerprint density at radius 3 is 1.64 bits per heavy atom. The van der Waals surface area contributed by atoms with Crippen molar-refractivity contribution in [3.63, 3.8) is 0 Å². The van der Waals surface area contributed by atoms with E-state index in [-0.39, 0.29) is 28.9 Å². The molecule has 0 fully saturated rings. The van der Waals surface area contributed by atoms with Gasteiger partial charge >= 0.3 is 5.97 Å². The maximum absolute atomic E-state index is 9.24. The topological polar surface area (TPSA) is 121 Å². The van der Waals surface area contributed by atoms with E-state index in [2.05, 4.69) is 16.9 Å². The maximum atomic E-state index is 9.24. The summed E-state index contributed by atoms with van der Waals surface area (Å²) < 4.78 is 24.0. The van der Waals surface area contributed by atoms with Crippen molar-refractivity contribution >= 4 is 26.2 Å². The van der Waals surface area contributed by atoms with Crippen molar-refractivity contribution in [2.75, 3.05) is 6.54 Å². The summed E-state index contributed by atoms with van der Waals surface area (Å²) in [4.78, 5) is 9.24. The molecule has 0 aliphatic carbocycles. The Morgan fingerprint density at radius 2 is 1.64 bits per heavy atom. The zero-order chi connectivity index (χ0) is 8.78. The molecule has 0 amide bonds. The summed E-state index contributed by atoms with van der Waals surface area (Å²) in [6, 6.07) is 0. The van der Waals surface area contributed by atoms with Crippen LogP contribution < -0.4 is 5.73 Å². The van der Waals surface area contributed by atoms with E-state index in [9.17, 15) is 4.79 Å². The molecule has 73 valence electrons. The fourth-order valence-electron chi connectivity index (χ4n) is 0. The monoisotopic (exact) mass is 386 g/mol. The van der Waals surface area contributed by atoms with E-state index >= 15 is 0 Å². The largest absolute Gasteiger partial charge is 0.480 e. The molecule has 5 N–H and O–H groups in total. The minimum atomic E-state index is -3.83. The van der Waals surface area contributed by atoms with Crippen LogP contribution in [0.4, 0.5) is 0 Å². The second kappa shape index (κ2) is 8.56. The third-order valence-electron chi connectivity index (χ3n) is 0.175. The van der Waals surface area contributed by atoms with Crippen molar-refractivity contribution in [3.05, 3.63) is 0 Å². The Labute approximate surface area is 84.0 Å². The van der Waals surface area contributed by atoms with Crippen molar-refractivity contribution < 1.29 is 45.6 Å². The summed E-state index contributed by atoms with van der Waals surface area (Å²) in [5.41, 5.74) is 4.57. The van der Waals surface area contributed by atoms with Gasteiger partial charge in [0.2, 0.25) is 0 Å². The Balaban J connectivity index is -0.000000107. The average Bonchev–Trinajstić information content (AvgIpc) is 1.61. The summed E-state index contributed by atoms with van der Waals surface area (Å²) in [7, 11) is -3.83. The fourth-order valence-corrected chi connectivity index (χ4v) is 0. The molecule has 0 unspecified atom stereocenters. The molecule has 0 rings (SSSR count). The molecular formula is C2H7AuNO5S2. The number of carbonyl (C=O) groups is 1. The molecule has 0 saturated heterocycles. The Kier molecular flexibility index (Phi) is 13.6. The molecule has 11 heavy (non-hydrogen) atoms. The molecule has 0 aliphatic rings. The number of nitrogens with two attached hydrogens (primary N) is 1. The molecule has 0 aromatic carbocycles. The van der Waals surface area contributed by atoms with Gasteiger partial charge in [-0.15, -0.1) is 0 Å². The quantitative estimate of drug-likeness (QED) is 0.414. The maximum Gasteiger partial charge on any atom is 0.317 e. The Hall–Kier alpha value is 0.460. The Morgan fingerprint density at radius 1 is 1.55 bits per heavy atom. The molecule has 6 nitrogen and oxygen atoms in total. The second-order valence-corrected chi connectivity index (χ2v) is 3.24. The summed E-state index contributed by atoms with van der Waals surface area (Å²) in [5, 5.41) is 7.60. The van der Waals surface area contributed by atoms with Gasteiger partial charge in [-0.05, 0) is 0 Å². The first-order valence-electron chi connectivity index (χ1n) is 1.89. The molecule has 0 aromatic rings. The van der Waals surface area contributed by atoms with Gasteiger partial charge in [0.25, 0.3) is 9.05 Å². The van der Waals surface area contributed by atoms with Crippen molar-refractivity contribution in [1.82, 2.24) is 0 Å². The number of rotatable bonds is 1. The van der Waals surface area contributed by atoms with E-state index in [4.69, 9.17) is 18.4 Å². The third kappa shape index (κ3) is 124. The zero-order valence-corrected chi connectivity index (χ0v) is 8.86. The van der Waals surface area contributed by atoms with E-state index in [1.807, 2.05) is 0 Å². The van der Waals surface area contributed by atoms with E-state index in [0.29, 0.717) is 0 Å². The van der Waals surface area contributed by atoms with E-state index in [1.165, 1.54) is 0 Å². The predicted octanol–water partition coefficient (Wildman–Crippen LogP) is -1.29. The van der Waals surface area contributed by atoms with Gasteiger partial charge in [-0.25, -0.2) is 0 Å². The molecule has 0 saturated carbocycles. The summed E-state index contributed by atoms with van der Waals surface area (Å²) >= 11 is 3.47. The van der Waals surface area contributed by atoms with Crippen LogP contribution in [-0.2, 0) is 47.4 Å². The number of carboxylic acids is 1. The normalized spacial score (nSPS) is 8.64. The number of hydrogen-bond donors (Lipinski definition) is 4. The van der Waals surface area contributed by atoms with Gasteiger partial charge in [0.15, 0.2) is 0 Å². The van der Waals surface area contributed by atoms with Gasteiger partial charge in [-0.2, -0.15) is 4.21 Å². The smallest absolute Gasteiger partial charge is 0.317 e. The first kappa shape index (κ1) is 17.5. The second-order valence-electron chi connectivity index (χ2n) is 1.05. The summed E-state index contributed by atoms with van der Waals surface area (Å²) in [5.74, 6) is -0.968. The van der Waals surface area contributed by atoms with Crippen LogP contribution in [0.5, 0.6) is 0 Å². The number of carboxylic acid groups (broad SMARTS) is 1. The zero-order valence-electron chi connectivity index (χ0n) is 5.06. The van der Waals surface area contributed by atoms with Gasteiger partial charge in [0.05, 0.1) is 6.54 Å². The van der Waals surface area contributed by atoms with Gasteiger partial charge in [-0.3, -0.25) is 13.9 Å². The SMILES string of the molecule is NCC(=O)O.O=S(O)(O)=S.[Au]. The van der Waals surface area contributed by atoms with Gasteiger partial charge in [0, 0.05) is 33.6 Å². The van der Waals surface area contributed by atoms with Crippen LogP contribution in [0.1, 0.15) is 0 Å². The molecule has 0 aliphatic heterocycles. The van der Waals surface area contributed by atoms with Crippen molar-refractivity contribution in [1.29, 1.82) is 0 Å². The first-order chi connectivity index (χ1) is 4.27. The average molecular weight is 386 g/mol. The molecule has 0 aromatic heterocycles. The van der Waals surface area contributed by atoms with Crippen LogP contribution in [0.3, 0.4) is 0 Å². The Bertz CT molecular complexity index is 181. The summed E-state index contributed by atoms with van der Waals surface area (Å²) in [6.07, 6.45) is 0. The van der Waals surface area contributed by atoms with Gasteiger partial charge in [0.1, 0.15) is 0 Å². The number of hydrogen-bond acceptors (Lipinski definition) is 4. The minimum Gasteiger partial charge on any atom is -0.480 e. The standard InChI is InChI=1S/C2H5NO2.Au.H2O3S2/c3-1-2(4)5;;1-5(2,3)4/h1,3H2,(H,4,5);;(H2,1,2,3,4). The van der Waals surface area contributed by atoms with Crippen LogP contribution in [0.15, 0.2) is 0 Å². The molecule has 0 bridgehead atoms. The van der Waals surface area contributed by atoms with Gasteiger partial charge < -0.3 is 10.8 Å². The number of aliphatic carboxylic acids is 1. The molecule has 1 radical (unpaired) electrons. The van der Waals surface area contributed by atoms with Crippen molar-refractivity contribution in [3.8, 4) is 0 Å². The molecule has 0 atom stereocenters. The fraction of sp³-hybridized carbons (Fsp3) is 0.500. The van der Waals surface area contributed by atoms with E-state index in [1.54, 1.807) is 0 Å². The predicted molar refractivity (Wildman–Crippen MR) is 37.5 cm³/mol. The van der Waals surface area contributed by atoms with Crippen molar-refractivity contribution in [2.24, 2.45) is 5.73 Å². The van der Waals surface area contributed by atoms with E-state index < -0.39 is 15.0 Å². The van der Waals surface area contributed by atoms with Crippen LogP contribution in [0.25, 0.3) is 0 Å². The molecular weight excluding hydrogens is 379 g/mol. The van der Waals surface area contributed by atoms with E-state index in [0.717, 1.165) is 0 Å². The summed E-state index contributed by atoms with van der Waals surface area (Å²) in [6.45, 7) is -0.278. The third-order valence-corrected chi connectivity index (χ3v) is 0.175. The van der Waals surface area contributed by atoms with Crippen LogP contribution in [0, 0.1) is 0 Å². The molecule has 0 heterocycles.